The first-order valence-electron chi connectivity index (χ1n) is 10.6. The standard InChI is InChI=1S/C28H22N2OS/c1-20-14-16-24(17-15-20)29-28-30(19-21-8-3-2-4-9-21)27(31)26(32-28)18-23-12-7-11-22-10-5-6-13-25(22)23/h2-18H,19H2,1H3/b26-18+,29-28?. The van der Waals surface area contributed by atoms with Crippen LogP contribution in [0.4, 0.5) is 5.69 Å². The SMILES string of the molecule is Cc1ccc(N=C2S/C(=C/c3cccc4ccccc34)C(=O)N2Cc2ccccc2)cc1. The molecule has 0 aromatic heterocycles. The predicted octanol–water partition coefficient (Wildman–Crippen LogP) is 6.95. The first kappa shape index (κ1) is 20.3. The Kier molecular flexibility index (Phi) is 5.61. The molecule has 0 bridgehead atoms. The number of rotatable bonds is 4. The molecule has 1 aliphatic rings. The van der Waals surface area contributed by atoms with Crippen molar-refractivity contribution in [1.82, 2.24) is 4.90 Å². The van der Waals surface area contributed by atoms with Crippen molar-refractivity contribution in [2.45, 2.75) is 13.5 Å². The molecule has 32 heavy (non-hydrogen) atoms. The zero-order valence-electron chi connectivity index (χ0n) is 17.7. The minimum Gasteiger partial charge on any atom is -0.282 e. The number of hydrogen-bond donors (Lipinski definition) is 0. The summed E-state index contributed by atoms with van der Waals surface area (Å²) < 4.78 is 0. The van der Waals surface area contributed by atoms with Gasteiger partial charge < -0.3 is 0 Å². The van der Waals surface area contributed by atoms with Crippen LogP contribution in [0.25, 0.3) is 16.8 Å². The molecule has 156 valence electrons. The Hall–Kier alpha value is -3.63. The molecule has 0 saturated carbocycles. The van der Waals surface area contributed by atoms with Crippen LogP contribution in [0.5, 0.6) is 0 Å². The monoisotopic (exact) mass is 434 g/mol. The fourth-order valence-electron chi connectivity index (χ4n) is 3.74. The highest BCUT2D eigenvalue weighted by atomic mass is 32.2. The third kappa shape index (κ3) is 4.23. The molecule has 0 radical (unpaired) electrons. The number of nitrogens with zero attached hydrogens (tertiary/aromatic N) is 2. The van der Waals surface area contributed by atoms with Crippen LogP contribution in [0.2, 0.25) is 0 Å². The van der Waals surface area contributed by atoms with Gasteiger partial charge in [-0.15, -0.1) is 0 Å². The number of benzene rings is 4. The molecule has 1 amide bonds. The second-order valence-electron chi connectivity index (χ2n) is 7.79. The van der Waals surface area contributed by atoms with E-state index in [0.29, 0.717) is 16.6 Å². The molecule has 3 nitrogen and oxygen atoms in total. The molecule has 1 aliphatic heterocycles. The minimum atomic E-state index is -0.0161. The summed E-state index contributed by atoms with van der Waals surface area (Å²) in [6, 6.07) is 32.5. The third-order valence-corrected chi connectivity index (χ3v) is 6.45. The summed E-state index contributed by atoms with van der Waals surface area (Å²) in [5.41, 5.74) is 4.14. The Bertz CT molecular complexity index is 1340. The van der Waals surface area contributed by atoms with E-state index in [9.17, 15) is 4.79 Å². The first-order chi connectivity index (χ1) is 15.7. The molecular weight excluding hydrogens is 412 g/mol. The number of amidine groups is 1. The van der Waals surface area contributed by atoms with Gasteiger partial charge in [0, 0.05) is 0 Å². The number of fused-ring (bicyclic) bond motifs is 1. The van der Waals surface area contributed by atoms with Crippen molar-refractivity contribution in [2.24, 2.45) is 4.99 Å². The molecule has 4 aromatic rings. The van der Waals surface area contributed by atoms with Crippen molar-refractivity contribution in [3.05, 3.63) is 119 Å². The topological polar surface area (TPSA) is 32.7 Å². The first-order valence-corrected chi connectivity index (χ1v) is 11.4. The van der Waals surface area contributed by atoms with E-state index in [2.05, 4.69) is 31.2 Å². The van der Waals surface area contributed by atoms with Gasteiger partial charge in [0.25, 0.3) is 5.91 Å². The largest absolute Gasteiger partial charge is 0.282 e. The van der Waals surface area contributed by atoms with E-state index in [0.717, 1.165) is 27.6 Å². The lowest BCUT2D eigenvalue weighted by Gasteiger charge is -2.15. The normalized spacial score (nSPS) is 16.4. The molecule has 1 fully saturated rings. The van der Waals surface area contributed by atoms with Crippen molar-refractivity contribution in [3.8, 4) is 0 Å². The number of thioether (sulfide) groups is 1. The van der Waals surface area contributed by atoms with Crippen molar-refractivity contribution in [2.75, 3.05) is 0 Å². The average Bonchev–Trinajstić information content (AvgIpc) is 3.10. The molecule has 0 unspecified atom stereocenters. The number of aryl methyl sites for hydroxylation is 1. The maximum Gasteiger partial charge on any atom is 0.267 e. The molecule has 0 atom stereocenters. The van der Waals surface area contributed by atoms with Crippen molar-refractivity contribution in [3.63, 3.8) is 0 Å². The highest BCUT2D eigenvalue weighted by molar-refractivity contribution is 8.18. The van der Waals surface area contributed by atoms with Gasteiger partial charge in [-0.2, -0.15) is 0 Å². The molecule has 0 aliphatic carbocycles. The summed E-state index contributed by atoms with van der Waals surface area (Å²) in [7, 11) is 0. The van der Waals surface area contributed by atoms with E-state index in [1.54, 1.807) is 4.90 Å². The van der Waals surface area contributed by atoms with Crippen molar-refractivity contribution in [1.29, 1.82) is 0 Å². The summed E-state index contributed by atoms with van der Waals surface area (Å²) in [5, 5.41) is 3.00. The zero-order valence-corrected chi connectivity index (χ0v) is 18.5. The van der Waals surface area contributed by atoms with Gasteiger partial charge in [0.2, 0.25) is 0 Å². The van der Waals surface area contributed by atoms with Crippen LogP contribution in [-0.4, -0.2) is 16.0 Å². The lowest BCUT2D eigenvalue weighted by atomic mass is 10.0. The Morgan fingerprint density at radius 2 is 1.56 bits per heavy atom. The van der Waals surface area contributed by atoms with E-state index >= 15 is 0 Å². The van der Waals surface area contributed by atoms with Crippen LogP contribution in [0.1, 0.15) is 16.7 Å². The van der Waals surface area contributed by atoms with Crippen LogP contribution in [0, 0.1) is 6.92 Å². The number of amides is 1. The predicted molar refractivity (Wildman–Crippen MR) is 135 cm³/mol. The third-order valence-electron chi connectivity index (χ3n) is 5.44. The quantitative estimate of drug-likeness (QED) is 0.326. The lowest BCUT2D eigenvalue weighted by Crippen LogP contribution is -2.28. The van der Waals surface area contributed by atoms with Gasteiger partial charge in [0.1, 0.15) is 0 Å². The van der Waals surface area contributed by atoms with Crippen LogP contribution >= 0.6 is 11.8 Å². The Morgan fingerprint density at radius 1 is 0.844 bits per heavy atom. The van der Waals surface area contributed by atoms with Gasteiger partial charge in [-0.25, -0.2) is 4.99 Å². The molecule has 4 aromatic carbocycles. The summed E-state index contributed by atoms with van der Waals surface area (Å²) >= 11 is 1.44. The van der Waals surface area contributed by atoms with Crippen LogP contribution in [0.3, 0.4) is 0 Å². The molecule has 0 N–H and O–H groups in total. The van der Waals surface area contributed by atoms with Crippen LogP contribution in [-0.2, 0) is 11.3 Å². The highest BCUT2D eigenvalue weighted by Gasteiger charge is 2.33. The van der Waals surface area contributed by atoms with Gasteiger partial charge in [-0.1, -0.05) is 90.5 Å². The molecular formula is C28H22N2OS. The van der Waals surface area contributed by atoms with Gasteiger partial charge in [0.05, 0.1) is 17.1 Å². The number of carbonyl (C=O) groups is 1. The highest BCUT2D eigenvalue weighted by Crippen LogP contribution is 2.36. The molecule has 5 rings (SSSR count). The summed E-state index contributed by atoms with van der Waals surface area (Å²) in [5.74, 6) is -0.0161. The average molecular weight is 435 g/mol. The number of carbonyl (C=O) groups excluding carboxylic acids is 1. The second-order valence-corrected chi connectivity index (χ2v) is 8.79. The Morgan fingerprint density at radius 3 is 2.38 bits per heavy atom. The maximum atomic E-state index is 13.5. The molecule has 1 heterocycles. The lowest BCUT2D eigenvalue weighted by molar-refractivity contribution is -0.122. The van der Waals surface area contributed by atoms with Gasteiger partial charge in [-0.3, -0.25) is 9.69 Å². The maximum absolute atomic E-state index is 13.5. The Labute approximate surface area is 192 Å². The van der Waals surface area contributed by atoms with E-state index in [1.165, 1.54) is 17.3 Å². The van der Waals surface area contributed by atoms with E-state index in [-0.39, 0.29) is 5.91 Å². The molecule has 0 spiro atoms. The fourth-order valence-corrected chi connectivity index (χ4v) is 4.73. The summed E-state index contributed by atoms with van der Waals surface area (Å²) in [6.07, 6.45) is 1.99. The summed E-state index contributed by atoms with van der Waals surface area (Å²) in [6.45, 7) is 2.54. The Balaban J connectivity index is 1.55. The van der Waals surface area contributed by atoms with E-state index < -0.39 is 0 Å². The number of aliphatic imine (C=N–C) groups is 1. The molecule has 1 saturated heterocycles. The smallest absolute Gasteiger partial charge is 0.267 e. The van der Waals surface area contributed by atoms with Crippen LogP contribution in [0.15, 0.2) is 107 Å². The van der Waals surface area contributed by atoms with Gasteiger partial charge >= 0.3 is 0 Å². The zero-order chi connectivity index (χ0) is 21.9. The van der Waals surface area contributed by atoms with Gasteiger partial charge in [-0.05, 0) is 58.8 Å². The minimum absolute atomic E-state index is 0.0161. The molecule has 4 heteroatoms. The second kappa shape index (κ2) is 8.85. The van der Waals surface area contributed by atoms with Crippen LogP contribution < -0.4 is 0 Å². The van der Waals surface area contributed by atoms with Crippen molar-refractivity contribution < 1.29 is 4.79 Å². The summed E-state index contributed by atoms with van der Waals surface area (Å²) in [4.78, 5) is 20.7. The van der Waals surface area contributed by atoms with Gasteiger partial charge in [0.15, 0.2) is 5.17 Å². The number of hydrogen-bond acceptors (Lipinski definition) is 3. The van der Waals surface area contributed by atoms with Crippen molar-refractivity contribution >= 4 is 45.4 Å². The fraction of sp³-hybridized carbons (Fsp3) is 0.0714. The van der Waals surface area contributed by atoms with E-state index in [4.69, 9.17) is 4.99 Å². The van der Waals surface area contributed by atoms with E-state index in [1.807, 2.05) is 78.9 Å².